The molecule has 1 aliphatic carbocycles. The number of nitrogens with one attached hydrogen (secondary N) is 1. The molecule has 2 aromatic carbocycles. The van der Waals surface area contributed by atoms with Crippen LogP contribution in [0, 0.1) is 0 Å². The topological polar surface area (TPSA) is 38.3 Å². The average molecular weight is 416 g/mol. The van der Waals surface area contributed by atoms with Crippen LogP contribution in [-0.4, -0.2) is 12.5 Å². The van der Waals surface area contributed by atoms with Gasteiger partial charge in [-0.05, 0) is 69.4 Å². The third kappa shape index (κ3) is 4.47. The van der Waals surface area contributed by atoms with Gasteiger partial charge in [-0.3, -0.25) is 4.79 Å². The third-order valence-electron chi connectivity index (χ3n) is 4.86. The Labute approximate surface area is 164 Å². The Bertz CT molecular complexity index is 795. The van der Waals surface area contributed by atoms with E-state index in [4.69, 9.17) is 4.74 Å². The van der Waals surface area contributed by atoms with Crippen molar-refractivity contribution in [2.75, 3.05) is 6.61 Å². The molecular formula is C22H26BrNO2. The van der Waals surface area contributed by atoms with Gasteiger partial charge < -0.3 is 10.1 Å². The van der Waals surface area contributed by atoms with Crippen molar-refractivity contribution in [2.24, 2.45) is 0 Å². The number of halogens is 1. The molecule has 1 aliphatic rings. The molecule has 0 aromatic heterocycles. The minimum absolute atomic E-state index is 0.0200. The predicted octanol–water partition coefficient (Wildman–Crippen LogP) is 5.32. The van der Waals surface area contributed by atoms with E-state index in [9.17, 15) is 4.79 Å². The summed E-state index contributed by atoms with van der Waals surface area (Å²) in [4.78, 5) is 12.4. The van der Waals surface area contributed by atoms with Crippen LogP contribution in [-0.2, 0) is 16.6 Å². The van der Waals surface area contributed by atoms with Crippen molar-refractivity contribution in [1.82, 2.24) is 5.32 Å². The van der Waals surface area contributed by atoms with Crippen LogP contribution in [0.2, 0.25) is 0 Å². The summed E-state index contributed by atoms with van der Waals surface area (Å²) in [6.07, 6.45) is 3.17. The Morgan fingerprint density at radius 1 is 1.23 bits per heavy atom. The van der Waals surface area contributed by atoms with E-state index >= 15 is 0 Å². The zero-order valence-corrected chi connectivity index (χ0v) is 17.2. The van der Waals surface area contributed by atoms with Gasteiger partial charge in [0.25, 0.3) is 5.91 Å². The summed E-state index contributed by atoms with van der Waals surface area (Å²) in [6, 6.07) is 14.5. The highest BCUT2D eigenvalue weighted by Crippen LogP contribution is 2.32. The van der Waals surface area contributed by atoms with Crippen molar-refractivity contribution in [3.05, 3.63) is 63.6 Å². The largest absolute Gasteiger partial charge is 0.483 e. The van der Waals surface area contributed by atoms with Gasteiger partial charge in [0, 0.05) is 0 Å². The van der Waals surface area contributed by atoms with E-state index in [1.54, 1.807) is 0 Å². The summed E-state index contributed by atoms with van der Waals surface area (Å²) in [5, 5.41) is 3.12. The van der Waals surface area contributed by atoms with E-state index in [0.29, 0.717) is 5.75 Å². The van der Waals surface area contributed by atoms with Crippen molar-refractivity contribution in [3.8, 4) is 5.75 Å². The molecule has 0 spiro atoms. The van der Waals surface area contributed by atoms with Crippen molar-refractivity contribution >= 4 is 21.8 Å². The third-order valence-corrected chi connectivity index (χ3v) is 5.48. The number of amides is 1. The quantitative estimate of drug-likeness (QED) is 0.733. The molecular weight excluding hydrogens is 390 g/mol. The van der Waals surface area contributed by atoms with E-state index in [-0.39, 0.29) is 24.0 Å². The molecule has 0 aliphatic heterocycles. The Balaban J connectivity index is 1.60. The molecule has 0 bridgehead atoms. The van der Waals surface area contributed by atoms with Gasteiger partial charge in [-0.1, -0.05) is 51.1 Å². The van der Waals surface area contributed by atoms with Crippen molar-refractivity contribution < 1.29 is 9.53 Å². The molecule has 0 saturated heterocycles. The summed E-state index contributed by atoms with van der Waals surface area (Å²) >= 11 is 3.55. The molecule has 4 heteroatoms. The highest BCUT2D eigenvalue weighted by molar-refractivity contribution is 9.10. The van der Waals surface area contributed by atoms with Crippen molar-refractivity contribution in [3.63, 3.8) is 0 Å². The maximum Gasteiger partial charge on any atom is 0.258 e. The lowest BCUT2D eigenvalue weighted by molar-refractivity contribution is -0.124. The Morgan fingerprint density at radius 3 is 2.73 bits per heavy atom. The van der Waals surface area contributed by atoms with Gasteiger partial charge in [0.15, 0.2) is 6.61 Å². The number of rotatable bonds is 4. The number of carbonyl (C=O) groups is 1. The first kappa shape index (κ1) is 19.0. The summed E-state index contributed by atoms with van der Waals surface area (Å²) < 4.78 is 6.61. The number of ether oxygens (including phenoxy) is 1. The fourth-order valence-electron chi connectivity index (χ4n) is 3.37. The zero-order valence-electron chi connectivity index (χ0n) is 15.6. The van der Waals surface area contributed by atoms with Crippen LogP contribution in [0.3, 0.4) is 0 Å². The Kier molecular flexibility index (Phi) is 5.71. The molecule has 26 heavy (non-hydrogen) atoms. The lowest BCUT2D eigenvalue weighted by atomic mass is 9.87. The normalized spacial score (nSPS) is 16.7. The number of hydrogen-bond acceptors (Lipinski definition) is 2. The Hall–Kier alpha value is -1.81. The number of fused-ring (bicyclic) bond motifs is 1. The summed E-state index contributed by atoms with van der Waals surface area (Å²) in [6.45, 7) is 6.53. The number of carbonyl (C=O) groups excluding carboxylic acids is 1. The second-order valence-electron chi connectivity index (χ2n) is 7.90. The standard InChI is InChI=1S/C22H26BrNO2/c1-22(2,3)16-11-12-20(18(23)13-16)26-14-21(25)24-19-10-6-8-15-7-4-5-9-17(15)19/h4-5,7,9,11-13,19H,6,8,10,14H2,1-3H3,(H,24,25)/t19-/m1/s1. The number of hydrogen-bond donors (Lipinski definition) is 1. The molecule has 2 aromatic rings. The lowest BCUT2D eigenvalue weighted by Gasteiger charge is -2.26. The SMILES string of the molecule is CC(C)(C)c1ccc(OCC(=O)N[C@@H]2CCCc3ccccc32)c(Br)c1. The summed E-state index contributed by atoms with van der Waals surface area (Å²) in [5.74, 6) is 0.607. The summed E-state index contributed by atoms with van der Waals surface area (Å²) in [5.41, 5.74) is 3.88. The van der Waals surface area contributed by atoms with E-state index < -0.39 is 0 Å². The summed E-state index contributed by atoms with van der Waals surface area (Å²) in [7, 11) is 0. The van der Waals surface area contributed by atoms with Crippen molar-refractivity contribution in [1.29, 1.82) is 0 Å². The van der Waals surface area contributed by atoms with Gasteiger partial charge in [0.05, 0.1) is 10.5 Å². The van der Waals surface area contributed by atoms with Crippen LogP contribution in [0.25, 0.3) is 0 Å². The van der Waals surface area contributed by atoms with Gasteiger partial charge in [0.2, 0.25) is 0 Å². The van der Waals surface area contributed by atoms with Gasteiger partial charge in [-0.15, -0.1) is 0 Å². The molecule has 138 valence electrons. The van der Waals surface area contributed by atoms with E-state index in [0.717, 1.165) is 23.7 Å². The number of benzene rings is 2. The second-order valence-corrected chi connectivity index (χ2v) is 8.75. The van der Waals surface area contributed by atoms with Gasteiger partial charge in [0.1, 0.15) is 5.75 Å². The van der Waals surface area contributed by atoms with Crippen LogP contribution in [0.15, 0.2) is 46.9 Å². The molecule has 3 rings (SSSR count). The van der Waals surface area contributed by atoms with Gasteiger partial charge in [-0.2, -0.15) is 0 Å². The van der Waals surface area contributed by atoms with Crippen molar-refractivity contribution in [2.45, 2.75) is 51.5 Å². The zero-order chi connectivity index (χ0) is 18.7. The first-order chi connectivity index (χ1) is 12.3. The maximum atomic E-state index is 12.4. The van der Waals surface area contributed by atoms with Gasteiger partial charge >= 0.3 is 0 Å². The minimum Gasteiger partial charge on any atom is -0.483 e. The first-order valence-corrected chi connectivity index (χ1v) is 9.94. The molecule has 1 atom stereocenters. The molecule has 0 unspecified atom stereocenters. The van der Waals surface area contributed by atoms with E-state index in [2.05, 4.69) is 72.3 Å². The second kappa shape index (κ2) is 7.83. The monoisotopic (exact) mass is 415 g/mol. The van der Waals surface area contributed by atoms with E-state index in [1.807, 2.05) is 12.1 Å². The van der Waals surface area contributed by atoms with Crippen LogP contribution < -0.4 is 10.1 Å². The highest BCUT2D eigenvalue weighted by Gasteiger charge is 2.21. The maximum absolute atomic E-state index is 12.4. The minimum atomic E-state index is -0.0847. The average Bonchev–Trinajstić information content (AvgIpc) is 2.60. The molecule has 1 N–H and O–H groups in total. The lowest BCUT2D eigenvalue weighted by Crippen LogP contribution is -2.34. The number of aryl methyl sites for hydroxylation is 1. The van der Waals surface area contributed by atoms with E-state index in [1.165, 1.54) is 16.7 Å². The van der Waals surface area contributed by atoms with Crippen LogP contribution in [0.5, 0.6) is 5.75 Å². The van der Waals surface area contributed by atoms with Gasteiger partial charge in [-0.25, -0.2) is 0 Å². The fraction of sp³-hybridized carbons (Fsp3) is 0.409. The molecule has 0 fully saturated rings. The first-order valence-electron chi connectivity index (χ1n) is 9.14. The Morgan fingerprint density at radius 2 is 2.00 bits per heavy atom. The molecule has 3 nitrogen and oxygen atoms in total. The molecule has 1 amide bonds. The molecule has 0 radical (unpaired) electrons. The molecule has 0 saturated carbocycles. The molecule has 0 heterocycles. The van der Waals surface area contributed by atoms with Crippen LogP contribution >= 0.6 is 15.9 Å². The predicted molar refractivity (Wildman–Crippen MR) is 109 cm³/mol. The fourth-order valence-corrected chi connectivity index (χ4v) is 3.86. The van der Waals surface area contributed by atoms with Crippen LogP contribution in [0.4, 0.5) is 0 Å². The smallest absolute Gasteiger partial charge is 0.258 e. The highest BCUT2D eigenvalue weighted by atomic mass is 79.9. The van der Waals surface area contributed by atoms with Crippen LogP contribution in [0.1, 0.15) is 56.3 Å².